The minimum atomic E-state index is 0.140. The Bertz CT molecular complexity index is 562. The third-order valence-electron chi connectivity index (χ3n) is 4.23. The molecule has 1 N–H and O–H groups in total. The summed E-state index contributed by atoms with van der Waals surface area (Å²) < 4.78 is 0. The number of nitrogens with one attached hydrogen (secondary N) is 1. The zero-order chi connectivity index (χ0) is 15.4. The van der Waals surface area contributed by atoms with Gasteiger partial charge >= 0.3 is 0 Å². The predicted molar refractivity (Wildman–Crippen MR) is 88.5 cm³/mol. The van der Waals surface area contributed by atoms with Gasteiger partial charge in [0, 0.05) is 30.9 Å². The second-order valence-corrected chi connectivity index (χ2v) is 7.07. The molecule has 0 radical (unpaired) electrons. The minimum Gasteiger partial charge on any atom is -0.351 e. The van der Waals surface area contributed by atoms with Crippen molar-refractivity contribution in [1.29, 1.82) is 5.26 Å². The van der Waals surface area contributed by atoms with Crippen LogP contribution in [-0.2, 0) is 10.5 Å². The summed E-state index contributed by atoms with van der Waals surface area (Å²) in [6, 6.07) is 10.8. The lowest BCUT2D eigenvalue weighted by Gasteiger charge is -2.15. The summed E-state index contributed by atoms with van der Waals surface area (Å²) in [5, 5.41) is 11.9. The lowest BCUT2D eigenvalue weighted by molar-refractivity contribution is -0.119. The van der Waals surface area contributed by atoms with Gasteiger partial charge in [0.2, 0.25) is 5.91 Å². The molecule has 1 heterocycles. The van der Waals surface area contributed by atoms with Gasteiger partial charge < -0.3 is 5.32 Å². The first-order valence-corrected chi connectivity index (χ1v) is 9.00. The average Bonchev–Trinajstić information content (AvgIpc) is 3.28. The number of nitrogens with zero attached hydrogens (tertiary/aromatic N) is 2. The number of carbonyl (C=O) groups excluding carboxylic acids is 1. The van der Waals surface area contributed by atoms with Crippen LogP contribution < -0.4 is 5.32 Å². The monoisotopic (exact) mass is 315 g/mol. The molecular weight excluding hydrogens is 294 g/mol. The van der Waals surface area contributed by atoms with Gasteiger partial charge in [0.25, 0.3) is 0 Å². The lowest BCUT2D eigenvalue weighted by atomic mass is 10.2. The molecule has 1 saturated carbocycles. The number of carbonyl (C=O) groups is 1. The molecule has 5 heteroatoms. The summed E-state index contributed by atoms with van der Waals surface area (Å²) in [6.07, 6.45) is 3.75. The zero-order valence-electron chi connectivity index (χ0n) is 12.6. The summed E-state index contributed by atoms with van der Waals surface area (Å²) in [6.45, 7) is 2.16. The Kier molecular flexibility index (Phi) is 5.01. The lowest BCUT2D eigenvalue weighted by Crippen LogP contribution is -2.38. The smallest absolute Gasteiger partial charge is 0.230 e. The van der Waals surface area contributed by atoms with Crippen molar-refractivity contribution in [2.24, 2.45) is 0 Å². The van der Waals surface area contributed by atoms with Crippen LogP contribution >= 0.6 is 11.8 Å². The molecule has 1 amide bonds. The molecule has 4 nitrogen and oxygen atoms in total. The molecule has 1 aliphatic heterocycles. The molecule has 0 spiro atoms. The Balaban J connectivity index is 1.34. The van der Waals surface area contributed by atoms with Crippen LogP contribution in [0.15, 0.2) is 24.3 Å². The van der Waals surface area contributed by atoms with E-state index in [2.05, 4.69) is 16.3 Å². The van der Waals surface area contributed by atoms with E-state index in [1.165, 1.54) is 12.8 Å². The first-order chi connectivity index (χ1) is 10.7. The van der Waals surface area contributed by atoms with Crippen LogP contribution in [0.25, 0.3) is 0 Å². The van der Waals surface area contributed by atoms with Gasteiger partial charge in [-0.05, 0) is 37.0 Å². The summed E-state index contributed by atoms with van der Waals surface area (Å²) in [7, 11) is 0. The van der Waals surface area contributed by atoms with E-state index < -0.39 is 0 Å². The van der Waals surface area contributed by atoms with Gasteiger partial charge in [-0.1, -0.05) is 12.1 Å². The van der Waals surface area contributed by atoms with Gasteiger partial charge in [0.1, 0.15) is 0 Å². The number of nitriles is 1. The SMILES string of the molecule is N#Cc1ccc(CSCC(=O)N[C@@H]2CCN(C3CC3)C2)cc1. The molecule has 0 aromatic heterocycles. The maximum absolute atomic E-state index is 12.0. The molecule has 1 atom stereocenters. The maximum atomic E-state index is 12.0. The van der Waals surface area contributed by atoms with Crippen LogP contribution in [0.1, 0.15) is 30.4 Å². The van der Waals surface area contributed by atoms with Crippen LogP contribution in [0.3, 0.4) is 0 Å². The van der Waals surface area contributed by atoms with Crippen molar-refractivity contribution in [3.63, 3.8) is 0 Å². The van der Waals surface area contributed by atoms with E-state index in [4.69, 9.17) is 5.26 Å². The molecule has 1 saturated heterocycles. The van der Waals surface area contributed by atoms with Crippen molar-refractivity contribution in [3.8, 4) is 6.07 Å². The van der Waals surface area contributed by atoms with Gasteiger partial charge in [0.05, 0.1) is 17.4 Å². The van der Waals surface area contributed by atoms with Crippen LogP contribution in [0, 0.1) is 11.3 Å². The zero-order valence-corrected chi connectivity index (χ0v) is 13.4. The van der Waals surface area contributed by atoms with Crippen molar-refractivity contribution in [1.82, 2.24) is 10.2 Å². The largest absolute Gasteiger partial charge is 0.351 e. The van der Waals surface area contributed by atoms with Gasteiger partial charge in [-0.15, -0.1) is 11.8 Å². The van der Waals surface area contributed by atoms with Gasteiger partial charge in [-0.3, -0.25) is 9.69 Å². The highest BCUT2D eigenvalue weighted by Crippen LogP contribution is 2.29. The number of likely N-dealkylation sites (tertiary alicyclic amines) is 1. The Hall–Kier alpha value is -1.51. The highest BCUT2D eigenvalue weighted by atomic mass is 32.2. The Morgan fingerprint density at radius 2 is 2.09 bits per heavy atom. The molecule has 3 rings (SSSR count). The van der Waals surface area contributed by atoms with E-state index in [-0.39, 0.29) is 5.91 Å². The number of hydrogen-bond acceptors (Lipinski definition) is 4. The van der Waals surface area contributed by atoms with E-state index in [0.29, 0.717) is 17.4 Å². The van der Waals surface area contributed by atoms with Crippen molar-refractivity contribution in [2.75, 3.05) is 18.8 Å². The second-order valence-electron chi connectivity index (χ2n) is 6.08. The number of rotatable bonds is 6. The molecule has 1 aromatic carbocycles. The number of benzene rings is 1. The predicted octanol–water partition coefficient (Wildman–Crippen LogP) is 2.14. The van der Waals surface area contributed by atoms with Crippen molar-refractivity contribution in [3.05, 3.63) is 35.4 Å². The van der Waals surface area contributed by atoms with Crippen LogP contribution in [-0.4, -0.2) is 41.7 Å². The topological polar surface area (TPSA) is 56.1 Å². The molecule has 0 unspecified atom stereocenters. The van der Waals surface area contributed by atoms with E-state index >= 15 is 0 Å². The fourth-order valence-electron chi connectivity index (χ4n) is 2.88. The first-order valence-electron chi connectivity index (χ1n) is 7.85. The second kappa shape index (κ2) is 7.17. The molecule has 1 aromatic rings. The van der Waals surface area contributed by atoms with E-state index in [1.807, 2.05) is 24.3 Å². The van der Waals surface area contributed by atoms with Gasteiger partial charge in [0.15, 0.2) is 0 Å². The Labute approximate surface area is 135 Å². The third-order valence-corrected chi connectivity index (χ3v) is 5.24. The molecule has 1 aliphatic carbocycles. The Morgan fingerprint density at radius 3 is 2.77 bits per heavy atom. The number of amides is 1. The fourth-order valence-corrected chi connectivity index (χ4v) is 3.68. The average molecular weight is 315 g/mol. The third kappa shape index (κ3) is 4.25. The van der Waals surface area contributed by atoms with Gasteiger partial charge in [-0.25, -0.2) is 0 Å². The standard InChI is InChI=1S/C17H21N3OS/c18-9-13-1-3-14(4-2-13)11-22-12-17(21)19-15-7-8-20(10-15)16-5-6-16/h1-4,15-16H,5-8,10-12H2,(H,19,21)/t15-/m1/s1. The summed E-state index contributed by atoms with van der Waals surface area (Å²) in [5.74, 6) is 1.44. The van der Waals surface area contributed by atoms with Crippen LogP contribution in [0.5, 0.6) is 0 Å². The summed E-state index contributed by atoms with van der Waals surface area (Å²) in [5.41, 5.74) is 1.82. The highest BCUT2D eigenvalue weighted by molar-refractivity contribution is 7.99. The molecule has 2 fully saturated rings. The summed E-state index contributed by atoms with van der Waals surface area (Å²) in [4.78, 5) is 14.5. The van der Waals surface area contributed by atoms with Crippen molar-refractivity contribution in [2.45, 2.75) is 37.1 Å². The van der Waals surface area contributed by atoms with Gasteiger partial charge in [-0.2, -0.15) is 5.26 Å². The molecule has 2 aliphatic rings. The minimum absolute atomic E-state index is 0.140. The molecule has 0 bridgehead atoms. The van der Waals surface area contributed by atoms with E-state index in [0.717, 1.165) is 36.9 Å². The number of hydrogen-bond donors (Lipinski definition) is 1. The molecule has 22 heavy (non-hydrogen) atoms. The van der Waals surface area contributed by atoms with Crippen molar-refractivity contribution < 1.29 is 4.79 Å². The number of thioether (sulfide) groups is 1. The molecular formula is C17H21N3OS. The summed E-state index contributed by atoms with van der Waals surface area (Å²) >= 11 is 1.62. The van der Waals surface area contributed by atoms with E-state index in [9.17, 15) is 4.79 Å². The maximum Gasteiger partial charge on any atom is 0.230 e. The van der Waals surface area contributed by atoms with E-state index in [1.54, 1.807) is 11.8 Å². The first kappa shape index (κ1) is 15.4. The normalized spacial score (nSPS) is 21.5. The Morgan fingerprint density at radius 1 is 1.32 bits per heavy atom. The van der Waals surface area contributed by atoms with Crippen LogP contribution in [0.2, 0.25) is 0 Å². The molecule has 116 valence electrons. The quantitative estimate of drug-likeness (QED) is 0.874. The van der Waals surface area contributed by atoms with Crippen molar-refractivity contribution >= 4 is 17.7 Å². The van der Waals surface area contributed by atoms with Crippen LogP contribution in [0.4, 0.5) is 0 Å². The highest BCUT2D eigenvalue weighted by Gasteiger charge is 2.34. The fraction of sp³-hybridized carbons (Fsp3) is 0.529.